The standard InChI is InChI=1S/C27H30O3/c1-29-23-16-19(17-24(18-23)30-2)15-22-13-14-25(27(22)28)26(20-9-5-3-6-10-20)21-11-7-4-8-12-21/h3,5-6,9-10,15-18,21H,4,7-8,11-14H2,1-2H3/b22-15?,26-25-. The minimum atomic E-state index is 0.209. The first kappa shape index (κ1) is 20.5. The van der Waals surface area contributed by atoms with E-state index in [1.54, 1.807) is 14.2 Å². The van der Waals surface area contributed by atoms with Gasteiger partial charge in [0.15, 0.2) is 5.78 Å². The van der Waals surface area contributed by atoms with Crippen molar-refractivity contribution in [2.24, 2.45) is 5.92 Å². The molecular weight excluding hydrogens is 372 g/mol. The summed E-state index contributed by atoms with van der Waals surface area (Å²) < 4.78 is 10.8. The number of carbonyl (C=O) groups is 1. The smallest absolute Gasteiger partial charge is 0.185 e. The Hall–Kier alpha value is -2.81. The second-order valence-electron chi connectivity index (χ2n) is 8.24. The molecule has 2 aliphatic rings. The highest BCUT2D eigenvalue weighted by molar-refractivity contribution is 6.17. The van der Waals surface area contributed by atoms with Gasteiger partial charge in [-0.05, 0) is 66.5 Å². The third-order valence-electron chi connectivity index (χ3n) is 6.35. The minimum absolute atomic E-state index is 0.209. The van der Waals surface area contributed by atoms with E-state index >= 15 is 0 Å². The van der Waals surface area contributed by atoms with E-state index in [1.165, 1.54) is 43.2 Å². The monoisotopic (exact) mass is 402 g/mol. The third-order valence-corrected chi connectivity index (χ3v) is 6.35. The van der Waals surface area contributed by atoms with E-state index < -0.39 is 0 Å². The predicted octanol–water partition coefficient (Wildman–Crippen LogP) is 6.48. The SMILES string of the molecule is COc1cc(C=C2CC/C(=C(\c3ccccc3)C3CCCCC3)C2=O)cc(OC)c1. The van der Waals surface area contributed by atoms with Gasteiger partial charge in [0, 0.05) is 17.2 Å². The van der Waals surface area contributed by atoms with Gasteiger partial charge in [0.1, 0.15) is 11.5 Å². The van der Waals surface area contributed by atoms with Gasteiger partial charge in [0.2, 0.25) is 0 Å². The van der Waals surface area contributed by atoms with Gasteiger partial charge in [0.05, 0.1) is 14.2 Å². The summed E-state index contributed by atoms with van der Waals surface area (Å²) in [5.41, 5.74) is 5.36. The molecule has 2 fully saturated rings. The van der Waals surface area contributed by atoms with E-state index in [0.29, 0.717) is 5.92 Å². The minimum Gasteiger partial charge on any atom is -0.497 e. The van der Waals surface area contributed by atoms with Crippen LogP contribution in [0.25, 0.3) is 11.6 Å². The lowest BCUT2D eigenvalue weighted by atomic mass is 9.78. The summed E-state index contributed by atoms with van der Waals surface area (Å²) in [6, 6.07) is 16.3. The van der Waals surface area contributed by atoms with E-state index in [4.69, 9.17) is 9.47 Å². The Morgan fingerprint density at radius 3 is 2.20 bits per heavy atom. The second-order valence-corrected chi connectivity index (χ2v) is 8.24. The van der Waals surface area contributed by atoms with E-state index in [-0.39, 0.29) is 5.78 Å². The first-order valence-corrected chi connectivity index (χ1v) is 11.0. The highest BCUT2D eigenvalue weighted by Crippen LogP contribution is 2.42. The molecule has 2 saturated carbocycles. The van der Waals surface area contributed by atoms with Gasteiger partial charge in [-0.3, -0.25) is 4.79 Å². The van der Waals surface area contributed by atoms with Crippen molar-refractivity contribution >= 4 is 17.4 Å². The van der Waals surface area contributed by atoms with Crippen LogP contribution in [0.15, 0.2) is 59.7 Å². The molecule has 0 saturated heterocycles. The number of hydrogen-bond donors (Lipinski definition) is 0. The number of hydrogen-bond acceptors (Lipinski definition) is 3. The molecule has 2 aromatic rings. The zero-order valence-electron chi connectivity index (χ0n) is 17.9. The van der Waals surface area contributed by atoms with Crippen molar-refractivity contribution < 1.29 is 14.3 Å². The molecule has 2 aromatic carbocycles. The first-order valence-electron chi connectivity index (χ1n) is 11.0. The summed E-state index contributed by atoms with van der Waals surface area (Å²) in [7, 11) is 3.28. The average molecular weight is 403 g/mol. The maximum absolute atomic E-state index is 13.5. The van der Waals surface area contributed by atoms with E-state index in [9.17, 15) is 4.79 Å². The van der Waals surface area contributed by atoms with Gasteiger partial charge in [-0.15, -0.1) is 0 Å². The Labute approximate surface area is 179 Å². The van der Waals surface area contributed by atoms with Crippen LogP contribution < -0.4 is 9.47 Å². The van der Waals surface area contributed by atoms with Crippen LogP contribution >= 0.6 is 0 Å². The molecule has 0 heterocycles. The largest absolute Gasteiger partial charge is 0.497 e. The number of ether oxygens (including phenoxy) is 2. The van der Waals surface area contributed by atoms with Crippen LogP contribution in [0, 0.1) is 5.92 Å². The molecule has 0 aliphatic heterocycles. The highest BCUT2D eigenvalue weighted by Gasteiger charge is 2.30. The summed E-state index contributed by atoms with van der Waals surface area (Å²) in [4.78, 5) is 13.5. The lowest BCUT2D eigenvalue weighted by Crippen LogP contribution is -2.12. The highest BCUT2D eigenvalue weighted by atomic mass is 16.5. The van der Waals surface area contributed by atoms with E-state index in [0.717, 1.165) is 41.1 Å². The maximum atomic E-state index is 13.5. The third kappa shape index (κ3) is 4.35. The molecule has 0 aromatic heterocycles. The van der Waals surface area contributed by atoms with Crippen molar-refractivity contribution in [2.75, 3.05) is 14.2 Å². The fourth-order valence-electron chi connectivity index (χ4n) is 4.85. The van der Waals surface area contributed by atoms with Crippen LogP contribution in [0.1, 0.15) is 56.1 Å². The van der Waals surface area contributed by atoms with Gasteiger partial charge >= 0.3 is 0 Å². The number of ketones is 1. The summed E-state index contributed by atoms with van der Waals surface area (Å²) in [6.45, 7) is 0. The lowest BCUT2D eigenvalue weighted by molar-refractivity contribution is -0.111. The summed E-state index contributed by atoms with van der Waals surface area (Å²) in [5.74, 6) is 2.17. The summed E-state index contributed by atoms with van der Waals surface area (Å²) in [6.07, 6.45) is 9.82. The molecule has 2 aliphatic carbocycles. The van der Waals surface area contributed by atoms with Gasteiger partial charge < -0.3 is 9.47 Å². The zero-order chi connectivity index (χ0) is 20.9. The fourth-order valence-corrected chi connectivity index (χ4v) is 4.85. The van der Waals surface area contributed by atoms with Gasteiger partial charge in [-0.1, -0.05) is 49.6 Å². The van der Waals surface area contributed by atoms with Crippen LogP contribution in [0.2, 0.25) is 0 Å². The number of Topliss-reactive ketones (excluding diaryl/α,β-unsaturated/α-hetero) is 1. The molecule has 0 spiro atoms. The van der Waals surface area contributed by atoms with Gasteiger partial charge in [-0.2, -0.15) is 0 Å². The van der Waals surface area contributed by atoms with Crippen LogP contribution in [0.5, 0.6) is 11.5 Å². The van der Waals surface area contributed by atoms with Crippen LogP contribution in [0.3, 0.4) is 0 Å². The van der Waals surface area contributed by atoms with Gasteiger partial charge in [-0.25, -0.2) is 0 Å². The topological polar surface area (TPSA) is 35.5 Å². The van der Waals surface area contributed by atoms with Crippen LogP contribution in [0.4, 0.5) is 0 Å². The van der Waals surface area contributed by atoms with Crippen molar-refractivity contribution in [3.63, 3.8) is 0 Å². The molecule has 0 radical (unpaired) electrons. The normalized spacial score (nSPS) is 20.5. The Bertz CT molecular complexity index is 941. The van der Waals surface area contributed by atoms with Crippen molar-refractivity contribution in [1.82, 2.24) is 0 Å². The van der Waals surface area contributed by atoms with Crippen LogP contribution in [-0.2, 0) is 4.79 Å². The van der Waals surface area contributed by atoms with Crippen LogP contribution in [-0.4, -0.2) is 20.0 Å². The number of rotatable bonds is 5. The molecule has 156 valence electrons. The Morgan fingerprint density at radius 2 is 1.57 bits per heavy atom. The van der Waals surface area contributed by atoms with E-state index in [2.05, 4.69) is 24.3 Å². The second kappa shape index (κ2) is 9.34. The zero-order valence-corrected chi connectivity index (χ0v) is 17.9. The first-order chi connectivity index (χ1) is 14.7. The van der Waals surface area contributed by atoms with Crippen molar-refractivity contribution in [3.8, 4) is 11.5 Å². The Kier molecular flexibility index (Phi) is 6.37. The lowest BCUT2D eigenvalue weighted by Gasteiger charge is -2.26. The molecular formula is C27H30O3. The van der Waals surface area contributed by atoms with Crippen molar-refractivity contribution in [3.05, 3.63) is 70.8 Å². The number of benzene rings is 2. The Balaban J connectivity index is 1.72. The van der Waals surface area contributed by atoms with Gasteiger partial charge in [0.25, 0.3) is 0 Å². The molecule has 4 rings (SSSR count). The molecule has 0 N–H and O–H groups in total. The number of carbonyl (C=O) groups excluding carboxylic acids is 1. The molecule has 3 nitrogen and oxygen atoms in total. The van der Waals surface area contributed by atoms with Crippen molar-refractivity contribution in [2.45, 2.75) is 44.9 Å². The molecule has 0 amide bonds. The maximum Gasteiger partial charge on any atom is 0.185 e. The molecule has 0 atom stereocenters. The molecule has 0 unspecified atom stereocenters. The number of allylic oxidation sites excluding steroid dienone is 3. The molecule has 3 heteroatoms. The number of methoxy groups -OCH3 is 2. The van der Waals surface area contributed by atoms with E-state index in [1.807, 2.05) is 30.3 Å². The Morgan fingerprint density at radius 1 is 0.900 bits per heavy atom. The predicted molar refractivity (Wildman–Crippen MR) is 122 cm³/mol. The molecule has 0 bridgehead atoms. The summed E-state index contributed by atoms with van der Waals surface area (Å²) >= 11 is 0. The average Bonchev–Trinajstić information content (AvgIpc) is 3.15. The van der Waals surface area contributed by atoms with Crippen molar-refractivity contribution in [1.29, 1.82) is 0 Å². The fraction of sp³-hybridized carbons (Fsp3) is 0.370. The quantitative estimate of drug-likeness (QED) is 0.537. The summed E-state index contributed by atoms with van der Waals surface area (Å²) in [5, 5.41) is 0. The molecule has 30 heavy (non-hydrogen) atoms.